The van der Waals surface area contributed by atoms with Gasteiger partial charge in [-0.25, -0.2) is 15.0 Å². The van der Waals surface area contributed by atoms with Gasteiger partial charge < -0.3 is 9.47 Å². The third-order valence-corrected chi connectivity index (χ3v) is 3.27. The summed E-state index contributed by atoms with van der Waals surface area (Å²) in [7, 11) is 0. The number of nitrogens with zero attached hydrogens (tertiary/aromatic N) is 3. The molecule has 0 bridgehead atoms. The van der Waals surface area contributed by atoms with Crippen LogP contribution in [0, 0.1) is 20.2 Å². The number of ether oxygens (including phenoxy) is 2. The molecule has 2 amide bonds. The van der Waals surface area contributed by atoms with E-state index in [1.54, 1.807) is 0 Å². The van der Waals surface area contributed by atoms with Gasteiger partial charge >= 0.3 is 12.2 Å². The molecular formula is C16H13N4O8. The number of non-ortho nitro benzene ring substituents is 2. The van der Waals surface area contributed by atoms with E-state index in [0.717, 1.165) is 0 Å². The zero-order valence-corrected chi connectivity index (χ0v) is 14.1. The van der Waals surface area contributed by atoms with E-state index in [4.69, 9.17) is 9.47 Å². The molecule has 0 atom stereocenters. The Labute approximate surface area is 157 Å². The fraction of sp³-hybridized carbons (Fsp3) is 0.125. The Bertz CT molecular complexity index is 794. The molecule has 0 aromatic heterocycles. The van der Waals surface area contributed by atoms with E-state index in [9.17, 15) is 29.8 Å². The number of nitro groups is 2. The van der Waals surface area contributed by atoms with Gasteiger partial charge in [-0.15, -0.1) is 0 Å². The van der Waals surface area contributed by atoms with Crippen LogP contribution in [0.15, 0.2) is 48.5 Å². The Morgan fingerprint density at radius 1 is 0.821 bits per heavy atom. The molecule has 2 aromatic rings. The van der Waals surface area contributed by atoms with Crippen LogP contribution < -0.4 is 10.9 Å². The number of nitro benzene ring substituents is 2. The highest BCUT2D eigenvalue weighted by molar-refractivity contribution is 5.73. The second-order valence-corrected chi connectivity index (χ2v) is 5.20. The summed E-state index contributed by atoms with van der Waals surface area (Å²) in [4.78, 5) is 42.9. The monoisotopic (exact) mass is 389 g/mol. The van der Waals surface area contributed by atoms with Gasteiger partial charge in [-0.2, -0.15) is 0 Å². The molecule has 2 aromatic carbocycles. The summed E-state index contributed by atoms with van der Waals surface area (Å²) in [5.74, 6) is 0. The molecule has 0 unspecified atom stereocenters. The van der Waals surface area contributed by atoms with Crippen molar-refractivity contribution in [2.45, 2.75) is 13.2 Å². The number of nitrogens with one attached hydrogen (secondary N) is 1. The molecule has 28 heavy (non-hydrogen) atoms. The highest BCUT2D eigenvalue weighted by Crippen LogP contribution is 2.13. The lowest BCUT2D eigenvalue weighted by atomic mass is 10.2. The minimum absolute atomic E-state index is 0.0982. The van der Waals surface area contributed by atoms with Gasteiger partial charge in [0.2, 0.25) is 0 Å². The molecule has 1 N–H and O–H groups in total. The van der Waals surface area contributed by atoms with E-state index in [-0.39, 0.29) is 24.6 Å². The van der Waals surface area contributed by atoms with Crippen molar-refractivity contribution < 1.29 is 28.9 Å². The quantitative estimate of drug-likeness (QED) is 0.581. The van der Waals surface area contributed by atoms with Gasteiger partial charge in [0.05, 0.1) is 9.85 Å². The molecular weight excluding hydrogens is 376 g/mol. The highest BCUT2D eigenvalue weighted by Gasteiger charge is 2.11. The third-order valence-electron chi connectivity index (χ3n) is 3.27. The average Bonchev–Trinajstić information content (AvgIpc) is 2.69. The van der Waals surface area contributed by atoms with Gasteiger partial charge in [0.15, 0.2) is 0 Å². The van der Waals surface area contributed by atoms with Crippen LogP contribution in [-0.2, 0) is 22.7 Å². The van der Waals surface area contributed by atoms with Gasteiger partial charge in [0, 0.05) is 24.3 Å². The van der Waals surface area contributed by atoms with Crippen LogP contribution in [0.5, 0.6) is 0 Å². The fourth-order valence-electron chi connectivity index (χ4n) is 1.88. The van der Waals surface area contributed by atoms with Crippen molar-refractivity contribution >= 4 is 23.6 Å². The molecule has 0 fully saturated rings. The third kappa shape index (κ3) is 6.25. The van der Waals surface area contributed by atoms with Crippen molar-refractivity contribution in [3.8, 4) is 0 Å². The maximum Gasteiger partial charge on any atom is 0.451 e. The maximum atomic E-state index is 11.5. The van der Waals surface area contributed by atoms with Crippen molar-refractivity contribution in [3.05, 3.63) is 79.9 Å². The van der Waals surface area contributed by atoms with Crippen LogP contribution in [0.3, 0.4) is 0 Å². The summed E-state index contributed by atoms with van der Waals surface area (Å²) in [5, 5.41) is 21.1. The summed E-state index contributed by atoms with van der Waals surface area (Å²) in [6.07, 6.45) is -2.11. The number of hydrogen-bond donors (Lipinski definition) is 1. The van der Waals surface area contributed by atoms with Gasteiger partial charge in [0.25, 0.3) is 11.4 Å². The van der Waals surface area contributed by atoms with Crippen LogP contribution in [-0.4, -0.2) is 22.0 Å². The zero-order valence-electron chi connectivity index (χ0n) is 14.1. The minimum atomic E-state index is -1.09. The van der Waals surface area contributed by atoms with E-state index in [1.165, 1.54) is 48.5 Å². The molecule has 1 radical (unpaired) electrons. The van der Waals surface area contributed by atoms with Gasteiger partial charge in [-0.1, -0.05) is 5.43 Å². The van der Waals surface area contributed by atoms with Gasteiger partial charge in [-0.05, 0) is 35.4 Å². The number of carbonyl (C=O) groups is 2. The average molecular weight is 389 g/mol. The summed E-state index contributed by atoms with van der Waals surface area (Å²) >= 11 is 0. The zero-order chi connectivity index (χ0) is 20.5. The molecule has 0 spiro atoms. The smallest absolute Gasteiger partial charge is 0.443 e. The first kappa shape index (κ1) is 20.1. The molecule has 0 aliphatic carbocycles. The van der Waals surface area contributed by atoms with Gasteiger partial charge in [0.1, 0.15) is 13.2 Å². The topological polar surface area (TPSA) is 165 Å². The number of hydrogen-bond acceptors (Lipinski definition) is 8. The first-order valence-corrected chi connectivity index (χ1v) is 7.62. The highest BCUT2D eigenvalue weighted by atomic mass is 16.6. The molecule has 0 saturated carbocycles. The molecule has 0 aliphatic rings. The Morgan fingerprint density at radius 2 is 1.25 bits per heavy atom. The lowest BCUT2D eigenvalue weighted by Gasteiger charge is -2.07. The maximum absolute atomic E-state index is 11.5. The lowest BCUT2D eigenvalue weighted by Crippen LogP contribution is -2.36. The summed E-state index contributed by atoms with van der Waals surface area (Å²) in [6, 6.07) is 10.7. The predicted octanol–water partition coefficient (Wildman–Crippen LogP) is 2.59. The molecule has 12 nitrogen and oxygen atoms in total. The van der Waals surface area contributed by atoms with Crippen molar-refractivity contribution in [2.24, 2.45) is 0 Å². The van der Waals surface area contributed by atoms with Crippen molar-refractivity contribution in [2.75, 3.05) is 0 Å². The fourth-order valence-corrected chi connectivity index (χ4v) is 1.88. The number of rotatable bonds is 6. The number of benzene rings is 2. The van der Waals surface area contributed by atoms with Crippen molar-refractivity contribution in [1.29, 1.82) is 0 Å². The van der Waals surface area contributed by atoms with Crippen LogP contribution in [0.2, 0.25) is 0 Å². The van der Waals surface area contributed by atoms with E-state index in [2.05, 4.69) is 5.43 Å². The number of carbonyl (C=O) groups excluding carboxylic acids is 2. The van der Waals surface area contributed by atoms with Crippen LogP contribution in [0.1, 0.15) is 11.1 Å². The summed E-state index contributed by atoms with van der Waals surface area (Å²) < 4.78 is 9.56. The first-order valence-electron chi connectivity index (χ1n) is 7.62. The van der Waals surface area contributed by atoms with Crippen molar-refractivity contribution in [1.82, 2.24) is 10.9 Å². The van der Waals surface area contributed by atoms with Crippen LogP contribution in [0.25, 0.3) is 0 Å². The Morgan fingerprint density at radius 3 is 1.68 bits per heavy atom. The number of amides is 2. The van der Waals surface area contributed by atoms with E-state index in [0.29, 0.717) is 11.1 Å². The standard InChI is InChI=1S/C16H13N4O8/c21-15(27-9-11-1-5-13(6-2-11)19(23)24)17-18-16(22)28-10-12-3-7-14(8-4-12)20(25)26/h1-8H,9-10H2,(H,17,21). The SMILES string of the molecule is O=C([N]NC(=O)OCc1ccc([N+](=O)[O-])cc1)OCc1ccc([N+](=O)[O-])cc1. The molecule has 0 saturated heterocycles. The van der Waals surface area contributed by atoms with Crippen LogP contribution in [0.4, 0.5) is 21.0 Å². The normalized spacial score (nSPS) is 9.86. The Kier molecular flexibility index (Phi) is 6.80. The second-order valence-electron chi connectivity index (χ2n) is 5.20. The molecule has 145 valence electrons. The molecule has 0 heterocycles. The van der Waals surface area contributed by atoms with Crippen LogP contribution >= 0.6 is 0 Å². The second kappa shape index (κ2) is 9.47. The Hall–Kier alpha value is -4.22. The summed E-state index contributed by atoms with van der Waals surface area (Å²) in [5.41, 5.74) is 5.78. The Balaban J connectivity index is 1.68. The van der Waals surface area contributed by atoms with E-state index in [1.807, 2.05) is 5.43 Å². The first-order chi connectivity index (χ1) is 13.3. The van der Waals surface area contributed by atoms with Crippen molar-refractivity contribution in [3.63, 3.8) is 0 Å². The predicted molar refractivity (Wildman–Crippen MR) is 91.8 cm³/mol. The molecule has 0 aliphatic heterocycles. The largest absolute Gasteiger partial charge is 0.451 e. The van der Waals surface area contributed by atoms with Gasteiger partial charge in [-0.3, -0.25) is 20.2 Å². The molecule has 12 heteroatoms. The van der Waals surface area contributed by atoms with E-state index >= 15 is 0 Å². The summed E-state index contributed by atoms with van der Waals surface area (Å²) in [6.45, 7) is -0.378. The van der Waals surface area contributed by atoms with E-state index < -0.39 is 22.0 Å². The minimum Gasteiger partial charge on any atom is -0.443 e. The molecule has 2 rings (SSSR count). The lowest BCUT2D eigenvalue weighted by molar-refractivity contribution is -0.385.